The normalized spacial score (nSPS) is 10.2. The van der Waals surface area contributed by atoms with E-state index in [4.69, 9.17) is 0 Å². The third-order valence-electron chi connectivity index (χ3n) is 2.07. The molecule has 0 aliphatic rings. The number of carbonyl (C=O) groups is 1. The molecule has 1 heterocycles. The molecule has 2 rings (SSSR count). The fourth-order valence-electron chi connectivity index (χ4n) is 1.28. The lowest BCUT2D eigenvalue weighted by Crippen LogP contribution is -1.91. The topological polar surface area (TPSA) is 42.9 Å². The summed E-state index contributed by atoms with van der Waals surface area (Å²) in [6.45, 7) is 1.86. The van der Waals surface area contributed by atoms with Crippen molar-refractivity contribution in [2.24, 2.45) is 0 Å². The van der Waals surface area contributed by atoms with Gasteiger partial charge in [-0.25, -0.2) is 14.4 Å². The summed E-state index contributed by atoms with van der Waals surface area (Å²) in [6.07, 6.45) is 2.27. The Labute approximate surface area is 102 Å². The van der Waals surface area contributed by atoms with E-state index in [1.807, 2.05) is 6.92 Å². The van der Waals surface area contributed by atoms with Crippen molar-refractivity contribution >= 4 is 18.0 Å². The van der Waals surface area contributed by atoms with Crippen LogP contribution in [0.25, 0.3) is 0 Å². The van der Waals surface area contributed by atoms with E-state index in [1.165, 1.54) is 23.9 Å². The van der Waals surface area contributed by atoms with E-state index in [9.17, 15) is 9.18 Å². The molecule has 5 heteroatoms. The maximum absolute atomic E-state index is 12.9. The Morgan fingerprint density at radius 1 is 1.35 bits per heavy atom. The monoisotopic (exact) mass is 248 g/mol. The van der Waals surface area contributed by atoms with E-state index in [2.05, 4.69) is 9.97 Å². The van der Waals surface area contributed by atoms with Crippen LogP contribution in [-0.4, -0.2) is 16.3 Å². The minimum absolute atomic E-state index is 0.306. The molecular formula is C12H9FN2OS. The first-order valence-electron chi connectivity index (χ1n) is 4.91. The molecule has 17 heavy (non-hydrogen) atoms. The molecule has 86 valence electrons. The molecule has 0 N–H and O–H groups in total. The Bertz CT molecular complexity index is 560. The predicted octanol–water partition coefficient (Wildman–Crippen LogP) is 2.89. The Hall–Kier alpha value is -1.75. The largest absolute Gasteiger partial charge is 0.298 e. The van der Waals surface area contributed by atoms with Gasteiger partial charge in [0.15, 0.2) is 11.4 Å². The Balaban J connectivity index is 2.32. The van der Waals surface area contributed by atoms with Gasteiger partial charge in [0.1, 0.15) is 5.82 Å². The fourth-order valence-corrected chi connectivity index (χ4v) is 2.14. The fraction of sp³-hybridized carbons (Fsp3) is 0.0833. The molecule has 3 nitrogen and oxygen atoms in total. The van der Waals surface area contributed by atoms with Crippen LogP contribution in [0.4, 0.5) is 4.39 Å². The first-order chi connectivity index (χ1) is 8.19. The van der Waals surface area contributed by atoms with Crippen LogP contribution < -0.4 is 0 Å². The molecular weight excluding hydrogens is 239 g/mol. The maximum Gasteiger partial charge on any atom is 0.192 e. The molecule has 0 fully saturated rings. The van der Waals surface area contributed by atoms with Gasteiger partial charge in [-0.05, 0) is 43.0 Å². The zero-order chi connectivity index (χ0) is 12.3. The molecule has 0 aliphatic carbocycles. The summed E-state index contributed by atoms with van der Waals surface area (Å²) >= 11 is 1.24. The number of halogens is 1. The van der Waals surface area contributed by atoms with Gasteiger partial charge in [0, 0.05) is 22.3 Å². The van der Waals surface area contributed by atoms with Crippen LogP contribution in [0.3, 0.4) is 0 Å². The molecule has 2 aromatic rings. The van der Waals surface area contributed by atoms with Gasteiger partial charge in [0.2, 0.25) is 0 Å². The minimum Gasteiger partial charge on any atom is -0.298 e. The highest BCUT2D eigenvalue weighted by atomic mass is 32.2. The van der Waals surface area contributed by atoms with Gasteiger partial charge in [-0.15, -0.1) is 0 Å². The van der Waals surface area contributed by atoms with Crippen molar-refractivity contribution in [2.75, 3.05) is 0 Å². The summed E-state index contributed by atoms with van der Waals surface area (Å²) < 4.78 is 12.9. The molecule has 0 aliphatic heterocycles. The number of nitrogens with zero attached hydrogens (tertiary/aromatic N) is 2. The molecule has 0 amide bonds. The van der Waals surface area contributed by atoms with E-state index in [0.29, 0.717) is 21.9 Å². The zero-order valence-corrected chi connectivity index (χ0v) is 9.87. The highest BCUT2D eigenvalue weighted by Crippen LogP contribution is 2.27. The third kappa shape index (κ3) is 2.88. The molecule has 0 bridgehead atoms. The number of aldehydes is 1. The highest BCUT2D eigenvalue weighted by molar-refractivity contribution is 7.99. The number of hydrogen-bond donors (Lipinski definition) is 0. The lowest BCUT2D eigenvalue weighted by Gasteiger charge is -2.03. The van der Waals surface area contributed by atoms with Crippen molar-refractivity contribution in [3.8, 4) is 0 Å². The van der Waals surface area contributed by atoms with Crippen LogP contribution in [0.1, 0.15) is 16.1 Å². The van der Waals surface area contributed by atoms with E-state index < -0.39 is 5.82 Å². The van der Waals surface area contributed by atoms with Crippen LogP contribution in [0, 0.1) is 12.7 Å². The average molecular weight is 248 g/mol. The van der Waals surface area contributed by atoms with Crippen molar-refractivity contribution in [2.45, 2.75) is 17.0 Å². The van der Waals surface area contributed by atoms with Crippen molar-refractivity contribution in [3.05, 3.63) is 47.5 Å². The van der Waals surface area contributed by atoms with Crippen molar-refractivity contribution in [3.63, 3.8) is 0 Å². The summed E-state index contributed by atoms with van der Waals surface area (Å²) in [7, 11) is 0. The molecule has 0 saturated carbocycles. The number of aromatic nitrogens is 2. The summed E-state index contributed by atoms with van der Waals surface area (Å²) in [5.74, 6) is -0.429. The molecule has 0 atom stereocenters. The minimum atomic E-state index is -0.429. The van der Waals surface area contributed by atoms with Crippen molar-refractivity contribution in [1.82, 2.24) is 9.97 Å². The summed E-state index contributed by atoms with van der Waals surface area (Å²) in [5, 5.41) is 0.541. The van der Waals surface area contributed by atoms with Gasteiger partial charge in [-0.2, -0.15) is 0 Å². The molecule has 0 unspecified atom stereocenters. The van der Waals surface area contributed by atoms with Crippen LogP contribution in [-0.2, 0) is 0 Å². The van der Waals surface area contributed by atoms with Crippen LogP contribution >= 0.6 is 11.8 Å². The Morgan fingerprint density at radius 3 is 2.88 bits per heavy atom. The Kier molecular flexibility index (Phi) is 3.49. The van der Waals surface area contributed by atoms with Gasteiger partial charge in [-0.3, -0.25) is 4.79 Å². The van der Waals surface area contributed by atoms with Gasteiger partial charge in [-0.1, -0.05) is 0 Å². The number of carbonyl (C=O) groups excluding carboxylic acids is 1. The Morgan fingerprint density at radius 2 is 2.18 bits per heavy atom. The second kappa shape index (κ2) is 5.05. The quantitative estimate of drug-likeness (QED) is 0.618. The molecule has 1 aromatic heterocycles. The van der Waals surface area contributed by atoms with Crippen LogP contribution in [0.2, 0.25) is 0 Å². The van der Waals surface area contributed by atoms with Crippen LogP contribution in [0.5, 0.6) is 0 Å². The van der Waals surface area contributed by atoms with Crippen molar-refractivity contribution < 1.29 is 9.18 Å². The number of benzene rings is 1. The second-order valence-electron chi connectivity index (χ2n) is 3.38. The standard InChI is InChI=1S/C12H9FN2OS/c1-8-4-5-14-12(15-8)17-11-3-2-10(13)6-9(11)7-16/h2-7H,1H3. The van der Waals surface area contributed by atoms with Crippen molar-refractivity contribution in [1.29, 1.82) is 0 Å². The van der Waals surface area contributed by atoms with E-state index >= 15 is 0 Å². The average Bonchev–Trinajstić information content (AvgIpc) is 2.31. The number of rotatable bonds is 3. The van der Waals surface area contributed by atoms with E-state index in [-0.39, 0.29) is 0 Å². The third-order valence-corrected chi connectivity index (χ3v) is 3.04. The zero-order valence-electron chi connectivity index (χ0n) is 9.05. The van der Waals surface area contributed by atoms with E-state index in [1.54, 1.807) is 18.3 Å². The lowest BCUT2D eigenvalue weighted by molar-refractivity contribution is 0.112. The van der Waals surface area contributed by atoms with Gasteiger partial charge in [0.25, 0.3) is 0 Å². The first-order valence-corrected chi connectivity index (χ1v) is 5.73. The second-order valence-corrected chi connectivity index (χ2v) is 4.39. The summed E-state index contributed by atoms with van der Waals surface area (Å²) in [4.78, 5) is 19.7. The smallest absolute Gasteiger partial charge is 0.192 e. The van der Waals surface area contributed by atoms with Gasteiger partial charge < -0.3 is 0 Å². The van der Waals surface area contributed by atoms with E-state index in [0.717, 1.165) is 5.69 Å². The number of aryl methyl sites for hydroxylation is 1. The number of hydrogen-bond acceptors (Lipinski definition) is 4. The van der Waals surface area contributed by atoms with Gasteiger partial charge in [0.05, 0.1) is 0 Å². The molecule has 1 aromatic carbocycles. The predicted molar refractivity (Wildman–Crippen MR) is 62.7 cm³/mol. The molecule has 0 radical (unpaired) electrons. The summed E-state index contributed by atoms with van der Waals surface area (Å²) in [5.41, 5.74) is 1.15. The molecule has 0 spiro atoms. The summed E-state index contributed by atoms with van der Waals surface area (Å²) in [6, 6.07) is 5.85. The maximum atomic E-state index is 12.9. The molecule has 0 saturated heterocycles. The first kappa shape index (κ1) is 11.7. The SMILES string of the molecule is Cc1ccnc(Sc2ccc(F)cc2C=O)n1. The highest BCUT2D eigenvalue weighted by Gasteiger charge is 2.07. The van der Waals surface area contributed by atoms with Gasteiger partial charge >= 0.3 is 0 Å². The van der Waals surface area contributed by atoms with Crippen LogP contribution in [0.15, 0.2) is 40.5 Å². The lowest BCUT2D eigenvalue weighted by atomic mass is 10.2.